The van der Waals surface area contributed by atoms with E-state index >= 15 is 0 Å². The van der Waals surface area contributed by atoms with E-state index in [9.17, 15) is 4.79 Å². The van der Waals surface area contributed by atoms with Crippen molar-refractivity contribution in [2.24, 2.45) is 0 Å². The van der Waals surface area contributed by atoms with Gasteiger partial charge in [-0.05, 0) is 49.2 Å². The minimum atomic E-state index is -0.105. The lowest BCUT2D eigenvalue weighted by molar-refractivity contribution is 0.435. The normalized spacial score (nSPS) is 15.3. The van der Waals surface area contributed by atoms with Gasteiger partial charge in [0.15, 0.2) is 5.82 Å². The summed E-state index contributed by atoms with van der Waals surface area (Å²) in [7, 11) is 0. The SMILES string of the molecule is CC(C)n1c(=O)c2cnc(Nc3ccc4c(c3)CNCC4(C)C)cc2n1-c1cccc(C(C)(C)C)n1. The van der Waals surface area contributed by atoms with Crippen LogP contribution < -0.4 is 16.2 Å². The second-order valence-electron chi connectivity index (χ2n) is 11.8. The zero-order valence-corrected chi connectivity index (χ0v) is 22.3. The van der Waals surface area contributed by atoms with Gasteiger partial charge in [0.1, 0.15) is 5.82 Å². The molecule has 5 rings (SSSR count). The number of pyridine rings is 2. The molecule has 0 atom stereocenters. The van der Waals surface area contributed by atoms with Crippen molar-refractivity contribution in [2.45, 2.75) is 71.9 Å². The van der Waals surface area contributed by atoms with E-state index in [1.165, 1.54) is 11.1 Å². The smallest absolute Gasteiger partial charge is 0.276 e. The van der Waals surface area contributed by atoms with Crippen LogP contribution in [-0.2, 0) is 17.4 Å². The first-order valence-electron chi connectivity index (χ1n) is 12.7. The predicted molar refractivity (Wildman–Crippen MR) is 147 cm³/mol. The van der Waals surface area contributed by atoms with Gasteiger partial charge in [-0.3, -0.25) is 4.79 Å². The number of hydrogen-bond acceptors (Lipinski definition) is 5. The Morgan fingerprint density at radius 3 is 2.61 bits per heavy atom. The molecular weight excluding hydrogens is 448 g/mol. The molecule has 0 saturated heterocycles. The van der Waals surface area contributed by atoms with Crippen molar-refractivity contribution in [3.63, 3.8) is 0 Å². The summed E-state index contributed by atoms with van der Waals surface area (Å²) < 4.78 is 3.70. The number of benzene rings is 1. The largest absolute Gasteiger partial charge is 0.340 e. The van der Waals surface area contributed by atoms with E-state index in [0.717, 1.165) is 35.8 Å². The van der Waals surface area contributed by atoms with E-state index in [1.807, 2.05) is 42.8 Å². The lowest BCUT2D eigenvalue weighted by Crippen LogP contribution is -2.38. The maximum atomic E-state index is 13.4. The van der Waals surface area contributed by atoms with E-state index < -0.39 is 0 Å². The van der Waals surface area contributed by atoms with Crippen LogP contribution in [0.2, 0.25) is 0 Å². The van der Waals surface area contributed by atoms with Crippen LogP contribution in [0.3, 0.4) is 0 Å². The summed E-state index contributed by atoms with van der Waals surface area (Å²) in [4.78, 5) is 22.9. The zero-order valence-electron chi connectivity index (χ0n) is 22.3. The molecule has 1 aliphatic heterocycles. The van der Waals surface area contributed by atoms with Crippen LogP contribution in [0.25, 0.3) is 16.7 Å². The Morgan fingerprint density at radius 1 is 1.11 bits per heavy atom. The summed E-state index contributed by atoms with van der Waals surface area (Å²) in [5.41, 5.74) is 5.34. The van der Waals surface area contributed by atoms with Crippen molar-refractivity contribution in [1.29, 1.82) is 0 Å². The van der Waals surface area contributed by atoms with Gasteiger partial charge in [0.2, 0.25) is 0 Å². The fraction of sp³-hybridized carbons (Fsp3) is 0.414. The van der Waals surface area contributed by atoms with Crippen molar-refractivity contribution < 1.29 is 0 Å². The van der Waals surface area contributed by atoms with E-state index in [2.05, 4.69) is 68.4 Å². The van der Waals surface area contributed by atoms with Crippen LogP contribution in [0.1, 0.15) is 71.3 Å². The van der Waals surface area contributed by atoms with Gasteiger partial charge in [-0.15, -0.1) is 0 Å². The molecule has 0 spiro atoms. The average Bonchev–Trinajstić information content (AvgIpc) is 3.10. The van der Waals surface area contributed by atoms with Crippen molar-refractivity contribution in [2.75, 3.05) is 11.9 Å². The quantitative estimate of drug-likeness (QED) is 0.395. The highest BCUT2D eigenvalue weighted by molar-refractivity contribution is 5.82. The molecular formula is C29H36N6O. The fourth-order valence-corrected chi connectivity index (χ4v) is 5.07. The molecule has 7 heteroatoms. The molecule has 0 unspecified atom stereocenters. The Bertz CT molecular complexity index is 1500. The average molecular weight is 485 g/mol. The lowest BCUT2D eigenvalue weighted by atomic mass is 9.79. The van der Waals surface area contributed by atoms with Gasteiger partial charge < -0.3 is 10.6 Å². The van der Waals surface area contributed by atoms with Crippen LogP contribution >= 0.6 is 0 Å². The number of nitrogens with zero attached hydrogens (tertiary/aromatic N) is 4. The van der Waals surface area contributed by atoms with Crippen molar-refractivity contribution in [3.05, 3.63) is 75.8 Å². The number of hydrogen-bond donors (Lipinski definition) is 2. The molecule has 0 saturated carbocycles. The Hall–Kier alpha value is -3.45. The Labute approximate surface area is 212 Å². The molecule has 4 heterocycles. The molecule has 1 aromatic carbocycles. The summed E-state index contributed by atoms with van der Waals surface area (Å²) in [5, 5.41) is 7.55. The van der Waals surface area contributed by atoms with Gasteiger partial charge in [-0.2, -0.15) is 0 Å². The first kappa shape index (κ1) is 24.3. The molecule has 7 nitrogen and oxygen atoms in total. The molecule has 2 N–H and O–H groups in total. The van der Waals surface area contributed by atoms with Gasteiger partial charge in [-0.25, -0.2) is 19.3 Å². The van der Waals surface area contributed by atoms with E-state index in [-0.39, 0.29) is 22.4 Å². The number of fused-ring (bicyclic) bond motifs is 2. The van der Waals surface area contributed by atoms with E-state index in [0.29, 0.717) is 11.2 Å². The van der Waals surface area contributed by atoms with Gasteiger partial charge >= 0.3 is 0 Å². The monoisotopic (exact) mass is 484 g/mol. The fourth-order valence-electron chi connectivity index (χ4n) is 5.07. The first-order chi connectivity index (χ1) is 17.0. The molecule has 4 aromatic rings. The molecule has 188 valence electrons. The Balaban J connectivity index is 1.61. The second-order valence-corrected chi connectivity index (χ2v) is 11.8. The summed E-state index contributed by atoms with van der Waals surface area (Å²) in [6.45, 7) is 16.8. The minimum absolute atomic E-state index is 0.0436. The molecule has 3 aromatic heterocycles. The highest BCUT2D eigenvalue weighted by atomic mass is 16.1. The second kappa shape index (κ2) is 8.59. The molecule has 0 amide bonds. The third kappa shape index (κ3) is 4.22. The first-order valence-corrected chi connectivity index (χ1v) is 12.7. The van der Waals surface area contributed by atoms with Crippen LogP contribution in [-0.4, -0.2) is 25.9 Å². The predicted octanol–water partition coefficient (Wildman–Crippen LogP) is 5.59. The van der Waals surface area contributed by atoms with Gasteiger partial charge in [0.25, 0.3) is 5.56 Å². The zero-order chi connectivity index (χ0) is 25.8. The molecule has 36 heavy (non-hydrogen) atoms. The van der Waals surface area contributed by atoms with Crippen LogP contribution in [0.15, 0.2) is 53.5 Å². The highest BCUT2D eigenvalue weighted by Crippen LogP contribution is 2.32. The third-order valence-electron chi connectivity index (χ3n) is 6.96. The molecule has 0 bridgehead atoms. The number of nitrogens with one attached hydrogen (secondary N) is 2. The Morgan fingerprint density at radius 2 is 1.89 bits per heavy atom. The van der Waals surface area contributed by atoms with Crippen LogP contribution in [0, 0.1) is 0 Å². The standard InChI is InChI=1S/C29H36N6O/c1-18(2)34-27(36)21-16-31-25(32-20-11-12-22-19(13-20)15-30-17-29(22,6)7)14-23(21)35(34)26-10-8-9-24(33-26)28(3,4)5/h8-14,16,18,30H,15,17H2,1-7H3,(H,31,32). The minimum Gasteiger partial charge on any atom is -0.340 e. The van der Waals surface area contributed by atoms with Crippen molar-refractivity contribution in [1.82, 2.24) is 24.6 Å². The summed E-state index contributed by atoms with van der Waals surface area (Å²) in [6, 6.07) is 14.4. The summed E-state index contributed by atoms with van der Waals surface area (Å²) in [6.07, 6.45) is 1.67. The number of aromatic nitrogens is 4. The van der Waals surface area contributed by atoms with E-state index in [1.54, 1.807) is 10.9 Å². The molecule has 0 aliphatic carbocycles. The van der Waals surface area contributed by atoms with Crippen molar-refractivity contribution in [3.8, 4) is 5.82 Å². The van der Waals surface area contributed by atoms with Gasteiger partial charge in [0, 0.05) is 53.6 Å². The summed E-state index contributed by atoms with van der Waals surface area (Å²) >= 11 is 0. The maximum absolute atomic E-state index is 13.4. The maximum Gasteiger partial charge on any atom is 0.276 e. The molecule has 1 aliphatic rings. The van der Waals surface area contributed by atoms with Gasteiger partial charge in [-0.1, -0.05) is 46.8 Å². The van der Waals surface area contributed by atoms with Crippen molar-refractivity contribution >= 4 is 22.4 Å². The third-order valence-corrected chi connectivity index (χ3v) is 6.96. The summed E-state index contributed by atoms with van der Waals surface area (Å²) in [5.74, 6) is 1.41. The van der Waals surface area contributed by atoms with Crippen LogP contribution in [0.4, 0.5) is 11.5 Å². The lowest BCUT2D eigenvalue weighted by Gasteiger charge is -2.33. The van der Waals surface area contributed by atoms with Crippen LogP contribution in [0.5, 0.6) is 0 Å². The van der Waals surface area contributed by atoms with E-state index in [4.69, 9.17) is 4.98 Å². The van der Waals surface area contributed by atoms with Gasteiger partial charge in [0.05, 0.1) is 10.9 Å². The number of rotatable bonds is 4. The molecule has 0 radical (unpaired) electrons. The highest BCUT2D eigenvalue weighted by Gasteiger charge is 2.27. The molecule has 0 fully saturated rings. The topological polar surface area (TPSA) is 76.8 Å². The Kier molecular flexibility index (Phi) is 5.79. The number of anilines is 2.